The lowest BCUT2D eigenvalue weighted by Gasteiger charge is -2.36. The number of benzene rings is 2. The summed E-state index contributed by atoms with van der Waals surface area (Å²) in [6.07, 6.45) is 9.46. The predicted molar refractivity (Wildman–Crippen MR) is 141 cm³/mol. The Balaban J connectivity index is 1.23. The Bertz CT molecular complexity index is 1180. The molecule has 0 atom stereocenters. The van der Waals surface area contributed by atoms with Crippen molar-refractivity contribution in [2.45, 2.75) is 44.6 Å². The first-order chi connectivity index (χ1) is 17.1. The average Bonchev–Trinajstić information content (AvgIpc) is 3.58. The summed E-state index contributed by atoms with van der Waals surface area (Å²) >= 11 is 6.44. The number of fused-ring (bicyclic) bond motifs is 1. The van der Waals surface area contributed by atoms with Gasteiger partial charge in [0.15, 0.2) is 0 Å². The monoisotopic (exact) mass is 492 g/mol. The number of H-pyrrole nitrogens is 1. The van der Waals surface area contributed by atoms with Crippen molar-refractivity contribution in [3.63, 3.8) is 0 Å². The van der Waals surface area contributed by atoms with Crippen LogP contribution >= 0.6 is 11.6 Å². The number of aromatic amines is 1. The van der Waals surface area contributed by atoms with Crippen LogP contribution in [0.25, 0.3) is 10.9 Å². The van der Waals surface area contributed by atoms with E-state index in [1.165, 1.54) is 30.6 Å². The highest BCUT2D eigenvalue weighted by molar-refractivity contribution is 6.34. The molecule has 35 heavy (non-hydrogen) atoms. The number of rotatable bonds is 7. The molecule has 0 unspecified atom stereocenters. The van der Waals surface area contributed by atoms with Crippen LogP contribution in [0.5, 0.6) is 0 Å². The lowest BCUT2D eigenvalue weighted by atomic mass is 9.95. The van der Waals surface area contributed by atoms with Gasteiger partial charge in [0, 0.05) is 29.9 Å². The Morgan fingerprint density at radius 2 is 1.80 bits per heavy atom. The molecule has 5 rings (SSSR count). The van der Waals surface area contributed by atoms with E-state index in [4.69, 9.17) is 11.6 Å². The molecule has 0 bridgehead atoms. The summed E-state index contributed by atoms with van der Waals surface area (Å²) in [4.78, 5) is 33.8. The second-order valence-electron chi connectivity index (χ2n) is 9.84. The van der Waals surface area contributed by atoms with E-state index in [1.54, 1.807) is 18.2 Å². The number of piperidine rings is 1. The van der Waals surface area contributed by atoms with Gasteiger partial charge in [0.1, 0.15) is 6.54 Å². The van der Waals surface area contributed by atoms with Crippen LogP contribution in [0.3, 0.4) is 0 Å². The van der Waals surface area contributed by atoms with Crippen LogP contribution in [0.15, 0.2) is 54.7 Å². The van der Waals surface area contributed by atoms with Gasteiger partial charge in [-0.25, -0.2) is 0 Å². The van der Waals surface area contributed by atoms with Gasteiger partial charge in [-0.2, -0.15) is 0 Å². The molecular formula is C28H33ClN4O2. The minimum absolute atomic E-state index is 0.0771. The highest BCUT2D eigenvalue weighted by Gasteiger charge is 2.28. The lowest BCUT2D eigenvalue weighted by Crippen LogP contribution is -2.45. The zero-order valence-electron chi connectivity index (χ0n) is 20.0. The van der Waals surface area contributed by atoms with Crippen LogP contribution in [0, 0.1) is 5.92 Å². The largest absolute Gasteiger partial charge is 0.361 e. The molecule has 2 amide bonds. The molecule has 7 heteroatoms. The summed E-state index contributed by atoms with van der Waals surface area (Å²) in [6.45, 7) is 2.82. The third-order valence-corrected chi connectivity index (χ3v) is 7.89. The number of halogens is 1. The molecule has 2 fully saturated rings. The van der Waals surface area contributed by atoms with Gasteiger partial charge in [-0.15, -0.1) is 0 Å². The number of anilines is 1. The number of nitrogens with one attached hydrogen (secondary N) is 2. The fourth-order valence-corrected chi connectivity index (χ4v) is 5.76. The topological polar surface area (TPSA) is 68.4 Å². The fourth-order valence-electron chi connectivity index (χ4n) is 5.52. The first-order valence-corrected chi connectivity index (χ1v) is 13.1. The van der Waals surface area contributed by atoms with Gasteiger partial charge >= 0.3 is 0 Å². The first kappa shape index (κ1) is 23.9. The summed E-state index contributed by atoms with van der Waals surface area (Å²) in [6, 6.07) is 15.4. The second-order valence-corrected chi connectivity index (χ2v) is 10.3. The van der Waals surface area contributed by atoms with Crippen LogP contribution < -0.4 is 10.2 Å². The van der Waals surface area contributed by atoms with Crippen molar-refractivity contribution in [3.05, 3.63) is 65.3 Å². The van der Waals surface area contributed by atoms with Crippen LogP contribution in [-0.2, 0) is 4.79 Å². The summed E-state index contributed by atoms with van der Waals surface area (Å²) < 4.78 is 0. The Labute approximate surface area is 211 Å². The summed E-state index contributed by atoms with van der Waals surface area (Å²) in [5.41, 5.74) is 1.92. The summed E-state index contributed by atoms with van der Waals surface area (Å²) in [5, 5.41) is 4.56. The zero-order chi connectivity index (χ0) is 24.2. The van der Waals surface area contributed by atoms with Gasteiger partial charge in [-0.3, -0.25) is 14.5 Å². The van der Waals surface area contributed by atoms with Crippen LogP contribution in [0.4, 0.5) is 5.69 Å². The van der Waals surface area contributed by atoms with E-state index in [0.717, 1.165) is 42.9 Å². The number of nitrogens with zero attached hydrogens (tertiary/aromatic N) is 2. The lowest BCUT2D eigenvalue weighted by molar-refractivity contribution is -0.120. The van der Waals surface area contributed by atoms with E-state index >= 15 is 0 Å². The molecule has 2 aliphatic rings. The molecule has 2 aromatic carbocycles. The highest BCUT2D eigenvalue weighted by Crippen LogP contribution is 2.29. The van der Waals surface area contributed by atoms with Crippen molar-refractivity contribution >= 4 is 40.0 Å². The molecule has 1 aromatic heterocycles. The molecule has 6 nitrogen and oxygen atoms in total. The SMILES string of the molecule is O=C(CN(C(=O)c1ccc2cc[nH]c2c1)c1ccccc1Cl)NCC1CCN(C2CCCC2)CC1. The molecule has 0 spiro atoms. The molecule has 3 aromatic rings. The Kier molecular flexibility index (Phi) is 7.40. The van der Waals surface area contributed by atoms with Crippen molar-refractivity contribution in [1.82, 2.24) is 15.2 Å². The maximum Gasteiger partial charge on any atom is 0.258 e. The van der Waals surface area contributed by atoms with Crippen molar-refractivity contribution in [1.29, 1.82) is 0 Å². The van der Waals surface area contributed by atoms with E-state index in [9.17, 15) is 9.59 Å². The summed E-state index contributed by atoms with van der Waals surface area (Å²) in [7, 11) is 0. The summed E-state index contributed by atoms with van der Waals surface area (Å²) in [5.74, 6) is 0.0587. The van der Waals surface area contributed by atoms with Gasteiger partial charge < -0.3 is 15.2 Å². The van der Waals surface area contributed by atoms with Crippen molar-refractivity contribution in [2.75, 3.05) is 31.1 Å². The van der Waals surface area contributed by atoms with Gasteiger partial charge in [0.05, 0.1) is 10.7 Å². The predicted octanol–water partition coefficient (Wildman–Crippen LogP) is 5.24. The van der Waals surface area contributed by atoms with E-state index in [0.29, 0.717) is 28.7 Å². The van der Waals surface area contributed by atoms with Crippen LogP contribution in [0.2, 0.25) is 5.02 Å². The number of likely N-dealkylation sites (tertiary alicyclic amines) is 1. The molecule has 184 valence electrons. The molecule has 0 radical (unpaired) electrons. The van der Waals surface area contributed by atoms with Gasteiger partial charge in [0.25, 0.3) is 5.91 Å². The van der Waals surface area contributed by atoms with E-state index < -0.39 is 0 Å². The van der Waals surface area contributed by atoms with E-state index in [2.05, 4.69) is 15.2 Å². The number of para-hydroxylation sites is 1. The van der Waals surface area contributed by atoms with Crippen LogP contribution in [-0.4, -0.2) is 53.9 Å². The minimum atomic E-state index is -0.255. The number of hydrogen-bond acceptors (Lipinski definition) is 3. The number of amides is 2. The van der Waals surface area contributed by atoms with Crippen molar-refractivity contribution < 1.29 is 9.59 Å². The van der Waals surface area contributed by atoms with Crippen molar-refractivity contribution in [3.8, 4) is 0 Å². The zero-order valence-corrected chi connectivity index (χ0v) is 20.8. The van der Waals surface area contributed by atoms with Crippen LogP contribution in [0.1, 0.15) is 48.9 Å². The van der Waals surface area contributed by atoms with E-state index in [1.807, 2.05) is 36.5 Å². The standard InChI is InChI=1S/C28H33ClN4O2/c29-24-7-3-4-8-26(24)33(28(35)22-10-9-21-11-14-30-25(21)17-22)19-27(34)31-18-20-12-15-32(16-13-20)23-5-1-2-6-23/h3-4,7-11,14,17,20,23,30H,1-2,5-6,12-13,15-16,18-19H2,(H,31,34). The normalized spacial score (nSPS) is 17.6. The maximum atomic E-state index is 13.5. The smallest absolute Gasteiger partial charge is 0.258 e. The minimum Gasteiger partial charge on any atom is -0.361 e. The highest BCUT2D eigenvalue weighted by atomic mass is 35.5. The first-order valence-electron chi connectivity index (χ1n) is 12.7. The number of carbonyl (C=O) groups excluding carboxylic acids is 2. The molecule has 2 N–H and O–H groups in total. The number of carbonyl (C=O) groups is 2. The van der Waals surface area contributed by atoms with Gasteiger partial charge in [-0.05, 0) is 80.4 Å². The number of hydrogen-bond donors (Lipinski definition) is 2. The fraction of sp³-hybridized carbons (Fsp3) is 0.429. The number of aromatic nitrogens is 1. The molecule has 1 aliphatic heterocycles. The van der Waals surface area contributed by atoms with E-state index in [-0.39, 0.29) is 18.4 Å². The Morgan fingerprint density at radius 1 is 1.03 bits per heavy atom. The molecule has 2 heterocycles. The average molecular weight is 493 g/mol. The molecule has 1 aliphatic carbocycles. The second kappa shape index (κ2) is 10.8. The van der Waals surface area contributed by atoms with Crippen molar-refractivity contribution in [2.24, 2.45) is 5.92 Å². The Hall–Kier alpha value is -2.83. The molecule has 1 saturated carbocycles. The van der Waals surface area contributed by atoms with Gasteiger partial charge in [0.2, 0.25) is 5.91 Å². The Morgan fingerprint density at radius 3 is 2.57 bits per heavy atom. The molecular weight excluding hydrogens is 460 g/mol. The van der Waals surface area contributed by atoms with Gasteiger partial charge in [-0.1, -0.05) is 42.6 Å². The quantitative estimate of drug-likeness (QED) is 0.474. The molecule has 1 saturated heterocycles. The third kappa shape index (κ3) is 5.54. The third-order valence-electron chi connectivity index (χ3n) is 7.57. The maximum absolute atomic E-state index is 13.5.